The third-order valence-corrected chi connectivity index (χ3v) is 5.25. The molecule has 0 saturated carbocycles. The maximum absolute atomic E-state index is 12.4. The number of hydrogen-bond donors (Lipinski definition) is 2. The van der Waals surface area contributed by atoms with E-state index < -0.39 is 0 Å². The molecule has 1 atom stereocenters. The average Bonchev–Trinajstić information content (AvgIpc) is 2.76. The van der Waals surface area contributed by atoms with E-state index in [9.17, 15) is 9.59 Å². The molecule has 7 nitrogen and oxygen atoms in total. The fourth-order valence-electron chi connectivity index (χ4n) is 3.31. The highest BCUT2D eigenvalue weighted by Crippen LogP contribution is 2.18. The van der Waals surface area contributed by atoms with Crippen molar-refractivity contribution in [3.8, 4) is 0 Å². The van der Waals surface area contributed by atoms with E-state index in [2.05, 4.69) is 15.5 Å². The van der Waals surface area contributed by atoms with Crippen LogP contribution >= 0.6 is 24.0 Å². The third-order valence-electron chi connectivity index (χ3n) is 5.25. The number of ether oxygens (including phenoxy) is 1. The fourth-order valence-corrected chi connectivity index (χ4v) is 3.31. The number of rotatable bonds is 7. The zero-order valence-electron chi connectivity index (χ0n) is 18.4. The Morgan fingerprint density at radius 2 is 1.97 bits per heavy atom. The van der Waals surface area contributed by atoms with Gasteiger partial charge in [0.25, 0.3) is 5.91 Å². The van der Waals surface area contributed by atoms with Crippen molar-refractivity contribution >= 4 is 41.8 Å². The van der Waals surface area contributed by atoms with Crippen LogP contribution in [-0.4, -0.2) is 55.5 Å². The van der Waals surface area contributed by atoms with E-state index in [1.54, 1.807) is 0 Å². The van der Waals surface area contributed by atoms with Crippen LogP contribution in [0.3, 0.4) is 0 Å². The summed E-state index contributed by atoms with van der Waals surface area (Å²) >= 11 is 0. The van der Waals surface area contributed by atoms with Crippen LogP contribution in [0.5, 0.6) is 0 Å². The van der Waals surface area contributed by atoms with Crippen molar-refractivity contribution in [1.29, 1.82) is 0 Å². The van der Waals surface area contributed by atoms with Crippen LogP contribution in [0, 0.1) is 5.92 Å². The summed E-state index contributed by atoms with van der Waals surface area (Å²) in [6.45, 7) is 8.88. The molecule has 168 valence electrons. The van der Waals surface area contributed by atoms with Crippen molar-refractivity contribution < 1.29 is 14.3 Å². The summed E-state index contributed by atoms with van der Waals surface area (Å²) in [7, 11) is 1.44. The van der Waals surface area contributed by atoms with Gasteiger partial charge in [0, 0.05) is 31.2 Å². The van der Waals surface area contributed by atoms with Crippen LogP contribution in [-0.2, 0) is 16.1 Å². The van der Waals surface area contributed by atoms with Gasteiger partial charge in [-0.25, -0.2) is 4.99 Å². The van der Waals surface area contributed by atoms with Crippen LogP contribution < -0.4 is 10.6 Å². The van der Waals surface area contributed by atoms with Gasteiger partial charge in [-0.1, -0.05) is 19.1 Å². The highest BCUT2D eigenvalue weighted by molar-refractivity contribution is 14.0. The van der Waals surface area contributed by atoms with Gasteiger partial charge in [-0.05, 0) is 50.8 Å². The lowest BCUT2D eigenvalue weighted by Gasteiger charge is -2.33. The molecule has 0 bridgehead atoms. The van der Waals surface area contributed by atoms with E-state index in [0.717, 1.165) is 50.4 Å². The number of aliphatic imine (C=N–C) groups is 1. The number of guanidine groups is 1. The summed E-state index contributed by atoms with van der Waals surface area (Å²) in [6, 6.07) is 7.75. The molecule has 8 heteroatoms. The molecule has 1 unspecified atom stereocenters. The lowest BCUT2D eigenvalue weighted by Crippen LogP contribution is -2.46. The Morgan fingerprint density at radius 3 is 2.57 bits per heavy atom. The number of methoxy groups -OCH3 is 1. The number of piperidine rings is 1. The lowest BCUT2D eigenvalue weighted by molar-refractivity contribution is -0.146. The molecule has 30 heavy (non-hydrogen) atoms. The number of benzene rings is 1. The predicted molar refractivity (Wildman–Crippen MR) is 130 cm³/mol. The fraction of sp³-hybridized carbons (Fsp3) is 0.591. The first-order valence-electron chi connectivity index (χ1n) is 10.5. The molecule has 1 aromatic rings. The molecule has 0 aromatic heterocycles. The molecule has 1 aliphatic rings. The van der Waals surface area contributed by atoms with Gasteiger partial charge < -0.3 is 20.3 Å². The molecule has 1 saturated heterocycles. The molecule has 1 aliphatic heterocycles. The lowest BCUT2D eigenvalue weighted by atomic mass is 9.97. The molecule has 0 aliphatic carbocycles. The van der Waals surface area contributed by atoms with Crippen molar-refractivity contribution in [3.05, 3.63) is 35.4 Å². The van der Waals surface area contributed by atoms with Crippen LogP contribution in [0.15, 0.2) is 29.3 Å². The molecule has 1 aromatic carbocycles. The first-order valence-corrected chi connectivity index (χ1v) is 10.5. The Bertz CT molecular complexity index is 718. The number of likely N-dealkylation sites (tertiary alicyclic amines) is 1. The van der Waals surface area contributed by atoms with Gasteiger partial charge >= 0.3 is 5.97 Å². The van der Waals surface area contributed by atoms with E-state index in [0.29, 0.717) is 12.1 Å². The molecule has 1 fully saturated rings. The second-order valence-corrected chi connectivity index (χ2v) is 7.44. The molecular formula is C22H35IN4O3. The predicted octanol–water partition coefficient (Wildman–Crippen LogP) is 3.18. The summed E-state index contributed by atoms with van der Waals surface area (Å²) in [4.78, 5) is 31.0. The monoisotopic (exact) mass is 530 g/mol. The first kappa shape index (κ1) is 26.2. The second kappa shape index (κ2) is 13.5. The van der Waals surface area contributed by atoms with E-state index >= 15 is 0 Å². The summed E-state index contributed by atoms with van der Waals surface area (Å²) < 4.78 is 4.86. The smallest absolute Gasteiger partial charge is 0.308 e. The highest BCUT2D eigenvalue weighted by Gasteiger charge is 2.26. The minimum absolute atomic E-state index is 0. The van der Waals surface area contributed by atoms with Gasteiger partial charge in [0.2, 0.25) is 0 Å². The maximum Gasteiger partial charge on any atom is 0.308 e. The summed E-state index contributed by atoms with van der Waals surface area (Å²) in [5.74, 6) is 0.631. The highest BCUT2D eigenvalue weighted by atomic mass is 127. The minimum atomic E-state index is -0.126. The van der Waals surface area contributed by atoms with Gasteiger partial charge in [-0.15, -0.1) is 24.0 Å². The summed E-state index contributed by atoms with van der Waals surface area (Å²) in [6.07, 6.45) is 2.43. The molecule has 1 amide bonds. The van der Waals surface area contributed by atoms with E-state index in [4.69, 9.17) is 9.73 Å². The molecule has 0 spiro atoms. The van der Waals surface area contributed by atoms with Crippen molar-refractivity contribution in [2.24, 2.45) is 10.9 Å². The summed E-state index contributed by atoms with van der Waals surface area (Å²) in [5, 5.41) is 6.33. The number of amides is 1. The Hall–Kier alpha value is -1.84. The average molecular weight is 530 g/mol. The first-order chi connectivity index (χ1) is 14.0. The van der Waals surface area contributed by atoms with Crippen LogP contribution in [0.1, 0.15) is 56.0 Å². The van der Waals surface area contributed by atoms with E-state index in [-0.39, 0.29) is 47.8 Å². The van der Waals surface area contributed by atoms with Gasteiger partial charge in [-0.2, -0.15) is 0 Å². The quantitative estimate of drug-likeness (QED) is 0.245. The number of nitrogens with one attached hydrogen (secondary N) is 2. The Morgan fingerprint density at radius 1 is 1.27 bits per heavy atom. The van der Waals surface area contributed by atoms with Gasteiger partial charge in [-0.3, -0.25) is 9.59 Å². The number of halogens is 1. The molecule has 0 radical (unpaired) electrons. The van der Waals surface area contributed by atoms with E-state index in [1.165, 1.54) is 7.11 Å². The van der Waals surface area contributed by atoms with Crippen LogP contribution in [0.4, 0.5) is 0 Å². The summed E-state index contributed by atoms with van der Waals surface area (Å²) in [5.41, 5.74) is 1.64. The SMILES string of the molecule is CCNC(=NCc1cccc(C(=O)NC(C)CC)c1)N1CCC(C(=O)OC)CC1.I. The molecule has 2 rings (SSSR count). The van der Waals surface area contributed by atoms with Gasteiger partial charge in [0.1, 0.15) is 0 Å². The van der Waals surface area contributed by atoms with Crippen molar-refractivity contribution in [1.82, 2.24) is 15.5 Å². The zero-order valence-corrected chi connectivity index (χ0v) is 20.8. The second-order valence-electron chi connectivity index (χ2n) is 7.44. The number of carbonyl (C=O) groups excluding carboxylic acids is 2. The maximum atomic E-state index is 12.4. The number of nitrogens with zero attached hydrogens (tertiary/aromatic N) is 2. The topological polar surface area (TPSA) is 83.0 Å². The minimum Gasteiger partial charge on any atom is -0.469 e. The number of carbonyl (C=O) groups is 2. The molecule has 2 N–H and O–H groups in total. The Kier molecular flexibility index (Phi) is 11.8. The largest absolute Gasteiger partial charge is 0.469 e. The van der Waals surface area contributed by atoms with Crippen molar-refractivity contribution in [2.45, 2.75) is 52.6 Å². The van der Waals surface area contributed by atoms with E-state index in [1.807, 2.05) is 45.0 Å². The van der Waals surface area contributed by atoms with Gasteiger partial charge in [0.15, 0.2) is 5.96 Å². The normalized spacial score (nSPS) is 15.7. The van der Waals surface area contributed by atoms with Gasteiger partial charge in [0.05, 0.1) is 19.6 Å². The van der Waals surface area contributed by atoms with Crippen LogP contribution in [0.2, 0.25) is 0 Å². The van der Waals surface area contributed by atoms with Crippen LogP contribution in [0.25, 0.3) is 0 Å². The number of esters is 1. The third kappa shape index (κ3) is 7.77. The number of hydrogen-bond acceptors (Lipinski definition) is 4. The standard InChI is InChI=1S/C22H34N4O3.HI/c1-5-16(3)25-20(27)19-9-7-8-17(14-19)15-24-22(23-6-2)26-12-10-18(11-13-26)21(28)29-4;/h7-9,14,16,18H,5-6,10-13,15H2,1-4H3,(H,23,24)(H,25,27);1H. The van der Waals surface area contributed by atoms with Crippen molar-refractivity contribution in [3.63, 3.8) is 0 Å². The van der Waals surface area contributed by atoms with Crippen molar-refractivity contribution in [2.75, 3.05) is 26.7 Å². The zero-order chi connectivity index (χ0) is 21.2. The Balaban J connectivity index is 0.00000450. The molecular weight excluding hydrogens is 495 g/mol. The molecule has 1 heterocycles. The Labute approximate surface area is 197 Å².